The molecule has 1 aliphatic heterocycles. The van der Waals surface area contributed by atoms with Gasteiger partial charge >= 0.3 is 0 Å². The van der Waals surface area contributed by atoms with Gasteiger partial charge in [-0.1, -0.05) is 38.1 Å². The Labute approximate surface area is 199 Å². The van der Waals surface area contributed by atoms with Crippen molar-refractivity contribution in [2.45, 2.75) is 25.7 Å². The Morgan fingerprint density at radius 1 is 1.16 bits per heavy atom. The number of guanidine groups is 1. The van der Waals surface area contributed by atoms with Gasteiger partial charge in [-0.3, -0.25) is 19.5 Å². The molecule has 2 bridgehead atoms. The number of hydrogen-bond donors (Lipinski definition) is 2. The van der Waals surface area contributed by atoms with Crippen LogP contribution in [0.3, 0.4) is 0 Å². The van der Waals surface area contributed by atoms with Crippen LogP contribution in [0.15, 0.2) is 41.4 Å². The summed E-state index contributed by atoms with van der Waals surface area (Å²) in [5.41, 5.74) is 0.595. The zero-order chi connectivity index (χ0) is 21.5. The molecule has 1 aromatic rings. The van der Waals surface area contributed by atoms with Crippen molar-refractivity contribution in [3.8, 4) is 0 Å². The molecule has 1 heterocycles. The van der Waals surface area contributed by atoms with E-state index in [1.807, 2.05) is 19.9 Å². The molecule has 1 saturated carbocycles. The summed E-state index contributed by atoms with van der Waals surface area (Å²) in [5.74, 6) is 0.423. The maximum atomic E-state index is 13.6. The van der Waals surface area contributed by atoms with Crippen LogP contribution in [0.25, 0.3) is 0 Å². The molecule has 31 heavy (non-hydrogen) atoms. The SMILES string of the molecule is CN=C(NCCN1C(=O)C2C3C=CC(C3)C2C1=O)NCC(C)(C)c1cccc(F)c1.I. The van der Waals surface area contributed by atoms with E-state index in [9.17, 15) is 14.0 Å². The average Bonchev–Trinajstić information content (AvgIpc) is 3.40. The van der Waals surface area contributed by atoms with Gasteiger partial charge in [-0.05, 0) is 36.0 Å². The first-order chi connectivity index (χ1) is 14.3. The van der Waals surface area contributed by atoms with Crippen molar-refractivity contribution >= 4 is 41.8 Å². The molecular formula is C23H30FIN4O2. The highest BCUT2D eigenvalue weighted by Gasteiger charge is 2.58. The van der Waals surface area contributed by atoms with Gasteiger partial charge in [0.1, 0.15) is 5.82 Å². The van der Waals surface area contributed by atoms with Gasteiger partial charge in [0, 0.05) is 32.1 Å². The van der Waals surface area contributed by atoms with Crippen LogP contribution in [0.1, 0.15) is 25.8 Å². The number of amides is 2. The number of fused-ring (bicyclic) bond motifs is 5. The van der Waals surface area contributed by atoms with Gasteiger partial charge in [-0.25, -0.2) is 4.39 Å². The summed E-state index contributed by atoms with van der Waals surface area (Å²) in [6.45, 7) is 5.38. The van der Waals surface area contributed by atoms with E-state index in [1.54, 1.807) is 19.2 Å². The van der Waals surface area contributed by atoms with Crippen molar-refractivity contribution in [1.29, 1.82) is 0 Å². The number of nitrogens with one attached hydrogen (secondary N) is 2. The molecular weight excluding hydrogens is 510 g/mol. The molecule has 3 aliphatic rings. The molecule has 8 heteroatoms. The molecule has 0 aromatic heterocycles. The number of allylic oxidation sites excluding steroid dienone is 2. The third kappa shape index (κ3) is 4.49. The summed E-state index contributed by atoms with van der Waals surface area (Å²) >= 11 is 0. The van der Waals surface area contributed by atoms with Gasteiger partial charge in [0.05, 0.1) is 11.8 Å². The number of likely N-dealkylation sites (tertiary alicyclic amines) is 1. The number of hydrogen-bond acceptors (Lipinski definition) is 3. The van der Waals surface area contributed by atoms with Crippen LogP contribution in [-0.2, 0) is 15.0 Å². The van der Waals surface area contributed by atoms with Crippen LogP contribution < -0.4 is 10.6 Å². The van der Waals surface area contributed by atoms with E-state index < -0.39 is 0 Å². The summed E-state index contributed by atoms with van der Waals surface area (Å²) in [6, 6.07) is 6.59. The minimum atomic E-state index is -0.301. The smallest absolute Gasteiger partial charge is 0.233 e. The number of aliphatic imine (C=N–C) groups is 1. The van der Waals surface area contributed by atoms with Crippen LogP contribution in [0.2, 0.25) is 0 Å². The summed E-state index contributed by atoms with van der Waals surface area (Å²) in [4.78, 5) is 31.1. The third-order valence-electron chi connectivity index (χ3n) is 6.72. The highest BCUT2D eigenvalue weighted by Crippen LogP contribution is 2.52. The van der Waals surface area contributed by atoms with Crippen molar-refractivity contribution < 1.29 is 14.0 Å². The predicted octanol–water partition coefficient (Wildman–Crippen LogP) is 2.69. The van der Waals surface area contributed by atoms with E-state index in [2.05, 4.69) is 27.8 Å². The summed E-state index contributed by atoms with van der Waals surface area (Å²) < 4.78 is 13.6. The Hall–Kier alpha value is -1.97. The maximum Gasteiger partial charge on any atom is 0.233 e. The lowest BCUT2D eigenvalue weighted by atomic mass is 9.84. The second kappa shape index (κ2) is 9.26. The molecule has 0 radical (unpaired) electrons. The number of nitrogens with zero attached hydrogens (tertiary/aromatic N) is 2. The molecule has 2 aliphatic carbocycles. The summed E-state index contributed by atoms with van der Waals surface area (Å²) in [5, 5.41) is 6.44. The fraction of sp³-hybridized carbons (Fsp3) is 0.522. The number of carbonyl (C=O) groups excluding carboxylic acids is 2. The second-order valence-corrected chi connectivity index (χ2v) is 9.07. The quantitative estimate of drug-likeness (QED) is 0.192. The van der Waals surface area contributed by atoms with Crippen molar-refractivity contribution in [3.05, 3.63) is 47.8 Å². The van der Waals surface area contributed by atoms with Crippen molar-refractivity contribution in [3.63, 3.8) is 0 Å². The van der Waals surface area contributed by atoms with Crippen molar-refractivity contribution in [2.24, 2.45) is 28.7 Å². The van der Waals surface area contributed by atoms with Gasteiger partial charge in [-0.2, -0.15) is 0 Å². The van der Waals surface area contributed by atoms with Crippen molar-refractivity contribution in [2.75, 3.05) is 26.7 Å². The first-order valence-corrected chi connectivity index (χ1v) is 10.6. The highest BCUT2D eigenvalue weighted by atomic mass is 127. The Bertz CT molecular complexity index is 887. The Balaban J connectivity index is 0.00000272. The molecule has 4 atom stereocenters. The van der Waals surface area contributed by atoms with Gasteiger partial charge in [-0.15, -0.1) is 24.0 Å². The first-order valence-electron chi connectivity index (χ1n) is 10.6. The molecule has 1 aromatic carbocycles. The van der Waals surface area contributed by atoms with E-state index in [1.165, 1.54) is 11.0 Å². The second-order valence-electron chi connectivity index (χ2n) is 9.07. The molecule has 2 N–H and O–H groups in total. The Morgan fingerprint density at radius 2 is 1.81 bits per heavy atom. The van der Waals surface area contributed by atoms with Gasteiger partial charge in [0.2, 0.25) is 11.8 Å². The zero-order valence-corrected chi connectivity index (χ0v) is 20.4. The number of imide groups is 1. The fourth-order valence-corrected chi connectivity index (χ4v) is 5.01. The first kappa shape index (κ1) is 23.7. The predicted molar refractivity (Wildman–Crippen MR) is 129 cm³/mol. The molecule has 0 spiro atoms. The van der Waals surface area contributed by atoms with Crippen LogP contribution in [0.5, 0.6) is 0 Å². The minimum Gasteiger partial charge on any atom is -0.356 e. The molecule has 2 amide bonds. The summed E-state index contributed by atoms with van der Waals surface area (Å²) in [6.07, 6.45) is 5.15. The van der Waals surface area contributed by atoms with E-state index in [-0.39, 0.29) is 70.7 Å². The third-order valence-corrected chi connectivity index (χ3v) is 6.72. The number of halogens is 2. The normalized spacial score (nSPS) is 26.8. The van der Waals surface area contributed by atoms with E-state index in [4.69, 9.17) is 0 Å². The minimum absolute atomic E-state index is 0. The van der Waals surface area contributed by atoms with Gasteiger partial charge in [0.15, 0.2) is 5.96 Å². The lowest BCUT2D eigenvalue weighted by molar-refractivity contribution is -0.140. The van der Waals surface area contributed by atoms with E-state index in [0.29, 0.717) is 25.6 Å². The maximum absolute atomic E-state index is 13.6. The van der Waals surface area contributed by atoms with Crippen LogP contribution in [0.4, 0.5) is 4.39 Å². The lowest BCUT2D eigenvalue weighted by Crippen LogP contribution is -2.46. The topological polar surface area (TPSA) is 73.8 Å². The standard InChI is InChI=1S/C23H29FN4O2.HI/c1-23(2,16-5-4-6-17(24)12-16)13-27-22(25-3)26-9-10-28-20(29)18-14-7-8-15(11-14)19(18)21(28)30;/h4-8,12,14-15,18-19H,9-11,13H2,1-3H3,(H2,25,26,27);1H. The molecule has 2 fully saturated rings. The molecule has 168 valence electrons. The van der Waals surface area contributed by atoms with Crippen molar-refractivity contribution in [1.82, 2.24) is 15.5 Å². The number of carbonyl (C=O) groups is 2. The fourth-order valence-electron chi connectivity index (χ4n) is 5.01. The van der Waals surface area contributed by atoms with Crippen LogP contribution in [0, 0.1) is 29.5 Å². The summed E-state index contributed by atoms with van der Waals surface area (Å²) in [7, 11) is 1.67. The number of rotatable bonds is 6. The van der Waals surface area contributed by atoms with Crippen LogP contribution >= 0.6 is 24.0 Å². The highest BCUT2D eigenvalue weighted by molar-refractivity contribution is 14.0. The average molecular weight is 540 g/mol. The van der Waals surface area contributed by atoms with Gasteiger partial charge < -0.3 is 10.6 Å². The van der Waals surface area contributed by atoms with E-state index in [0.717, 1.165) is 12.0 Å². The zero-order valence-electron chi connectivity index (χ0n) is 18.1. The van der Waals surface area contributed by atoms with Gasteiger partial charge in [0.25, 0.3) is 0 Å². The largest absolute Gasteiger partial charge is 0.356 e. The lowest BCUT2D eigenvalue weighted by Gasteiger charge is -2.27. The Kier molecular flexibility index (Phi) is 7.08. The molecule has 4 unspecified atom stereocenters. The Morgan fingerprint density at radius 3 is 2.39 bits per heavy atom. The molecule has 1 saturated heterocycles. The molecule has 6 nitrogen and oxygen atoms in total. The monoisotopic (exact) mass is 540 g/mol. The molecule has 4 rings (SSSR count). The number of benzene rings is 1. The van der Waals surface area contributed by atoms with Crippen LogP contribution in [-0.4, -0.2) is 49.4 Å². The van der Waals surface area contributed by atoms with E-state index >= 15 is 0 Å².